The Balaban J connectivity index is 1.06. The highest BCUT2D eigenvalue weighted by atomic mass is 16.3. The molecule has 0 saturated carbocycles. The number of hydrogen-bond acceptors (Lipinski definition) is 12. The van der Waals surface area contributed by atoms with E-state index >= 15 is 0 Å². The Morgan fingerprint density at radius 3 is 2.61 bits per heavy atom. The zero-order valence-corrected chi connectivity index (χ0v) is 25.3. The van der Waals surface area contributed by atoms with Crippen molar-refractivity contribution in [3.8, 4) is 28.8 Å². The first-order chi connectivity index (χ1) is 22.4. The number of phenolic OH excluding ortho intramolecular Hbond substituents is 1. The normalized spacial score (nSPS) is 16.0. The lowest BCUT2D eigenvalue weighted by Gasteiger charge is -2.48. The topological polar surface area (TPSA) is 185 Å². The van der Waals surface area contributed by atoms with Crippen molar-refractivity contribution in [1.29, 1.82) is 0 Å². The highest BCUT2D eigenvalue weighted by molar-refractivity contribution is 5.96. The van der Waals surface area contributed by atoms with E-state index in [0.717, 1.165) is 63.4 Å². The summed E-state index contributed by atoms with van der Waals surface area (Å²) in [6.45, 7) is 3.57. The summed E-state index contributed by atoms with van der Waals surface area (Å²) < 4.78 is 0. The molecule has 0 aliphatic carbocycles. The van der Waals surface area contributed by atoms with Crippen molar-refractivity contribution >= 4 is 29.3 Å². The molecule has 46 heavy (non-hydrogen) atoms. The highest BCUT2D eigenvalue weighted by Crippen LogP contribution is 2.43. The Hall–Kier alpha value is -5.77. The van der Waals surface area contributed by atoms with E-state index in [4.69, 9.17) is 11.5 Å². The summed E-state index contributed by atoms with van der Waals surface area (Å²) in [5.74, 6) is 7.49. The van der Waals surface area contributed by atoms with Crippen LogP contribution < -0.4 is 26.6 Å². The Morgan fingerprint density at radius 2 is 1.80 bits per heavy atom. The molecule has 2 aliphatic heterocycles. The van der Waals surface area contributed by atoms with Crippen LogP contribution in [0, 0.1) is 17.3 Å². The summed E-state index contributed by atoms with van der Waals surface area (Å²) >= 11 is 0. The molecule has 6 rings (SSSR count). The highest BCUT2D eigenvalue weighted by Gasteiger charge is 2.39. The zero-order chi connectivity index (χ0) is 31.9. The van der Waals surface area contributed by atoms with Crippen LogP contribution in [-0.4, -0.2) is 73.9 Å². The first kappa shape index (κ1) is 30.3. The van der Waals surface area contributed by atoms with Crippen LogP contribution >= 0.6 is 0 Å². The number of hydrogen-bond donors (Lipinski definition) is 4. The number of nitrogens with one attached hydrogen (secondary N) is 1. The van der Waals surface area contributed by atoms with E-state index in [0.29, 0.717) is 28.7 Å². The fourth-order valence-corrected chi connectivity index (χ4v) is 6.02. The van der Waals surface area contributed by atoms with E-state index in [2.05, 4.69) is 57.1 Å². The Morgan fingerprint density at radius 1 is 1.00 bits per heavy atom. The number of aromatic nitrogens is 6. The molecule has 5 heterocycles. The molecule has 6 N–H and O–H groups in total. The van der Waals surface area contributed by atoms with E-state index in [9.17, 15) is 9.90 Å². The third kappa shape index (κ3) is 6.96. The van der Waals surface area contributed by atoms with Gasteiger partial charge in [-0.1, -0.05) is 18.1 Å². The molecule has 234 valence electrons. The standard InChI is InChI=1S/C33H35N11O2/c34-24(20-29-36-14-5-15-37-29)32(46)39-13-3-8-28-38-16-9-30(40-28)43-18-11-33(12-19-43)10-4-17-44(22-33)26-21-25(41-42-31(26)35)23-6-1-2-7-27(23)45/h1-2,5-7,9,14-16,20-21,45H,4,10-13,17-19,22,34H2,(H2,35,42)(H,39,46)/b24-20-. The Kier molecular flexibility index (Phi) is 8.87. The van der Waals surface area contributed by atoms with Gasteiger partial charge in [-0.2, -0.15) is 0 Å². The summed E-state index contributed by atoms with van der Waals surface area (Å²) in [6, 6.07) is 12.6. The van der Waals surface area contributed by atoms with Gasteiger partial charge in [-0.25, -0.2) is 19.9 Å². The lowest BCUT2D eigenvalue weighted by molar-refractivity contribution is -0.117. The maximum Gasteiger partial charge on any atom is 0.268 e. The molecule has 2 saturated heterocycles. The van der Waals surface area contributed by atoms with E-state index in [-0.39, 0.29) is 23.4 Å². The second-order valence-corrected chi connectivity index (χ2v) is 11.5. The zero-order valence-electron chi connectivity index (χ0n) is 25.3. The molecule has 2 aliphatic rings. The number of carbonyl (C=O) groups excluding carboxylic acids is 1. The monoisotopic (exact) mass is 617 g/mol. The summed E-state index contributed by atoms with van der Waals surface area (Å²) in [5.41, 5.74) is 14.4. The first-order valence-electron chi connectivity index (χ1n) is 15.1. The molecule has 2 fully saturated rings. The van der Waals surface area contributed by atoms with Crippen LogP contribution in [0.3, 0.4) is 0 Å². The van der Waals surface area contributed by atoms with Crippen molar-refractivity contribution in [2.45, 2.75) is 25.7 Å². The molecule has 13 heteroatoms. The summed E-state index contributed by atoms with van der Waals surface area (Å²) in [5, 5.41) is 21.5. The maximum absolute atomic E-state index is 12.3. The molecule has 1 spiro atoms. The molecule has 0 atom stereocenters. The van der Waals surface area contributed by atoms with Gasteiger partial charge in [0.2, 0.25) is 5.82 Å². The number of nitrogens with zero attached hydrogens (tertiary/aromatic N) is 8. The minimum Gasteiger partial charge on any atom is -0.507 e. The minimum atomic E-state index is -0.459. The summed E-state index contributed by atoms with van der Waals surface area (Å²) in [4.78, 5) is 33.9. The molecule has 3 aromatic heterocycles. The van der Waals surface area contributed by atoms with Crippen molar-refractivity contribution in [3.05, 3.63) is 78.4 Å². The number of nitrogens with two attached hydrogens (primary N) is 2. The van der Waals surface area contributed by atoms with Crippen LogP contribution in [0.15, 0.2) is 66.8 Å². The lowest BCUT2D eigenvalue weighted by Crippen LogP contribution is -2.50. The lowest BCUT2D eigenvalue weighted by atomic mass is 9.72. The van der Waals surface area contributed by atoms with Crippen molar-refractivity contribution in [2.24, 2.45) is 11.1 Å². The van der Waals surface area contributed by atoms with E-state index in [1.165, 1.54) is 6.08 Å². The summed E-state index contributed by atoms with van der Waals surface area (Å²) in [7, 11) is 0. The van der Waals surface area contributed by atoms with Crippen LogP contribution in [0.4, 0.5) is 17.3 Å². The molecule has 0 radical (unpaired) electrons. The number of carbonyl (C=O) groups is 1. The second-order valence-electron chi connectivity index (χ2n) is 11.5. The van der Waals surface area contributed by atoms with Gasteiger partial charge in [-0.15, -0.1) is 10.2 Å². The van der Waals surface area contributed by atoms with Crippen molar-refractivity contribution < 1.29 is 9.90 Å². The van der Waals surface area contributed by atoms with Gasteiger partial charge >= 0.3 is 0 Å². The first-order valence-corrected chi connectivity index (χ1v) is 15.1. The van der Waals surface area contributed by atoms with Gasteiger partial charge in [0.05, 0.1) is 17.9 Å². The number of phenols is 1. The molecular formula is C33H35N11O2. The quantitative estimate of drug-likeness (QED) is 0.183. The fourth-order valence-electron chi connectivity index (χ4n) is 6.02. The summed E-state index contributed by atoms with van der Waals surface area (Å²) in [6.07, 6.45) is 10.5. The number of benzene rings is 1. The van der Waals surface area contributed by atoms with Crippen LogP contribution in [0.25, 0.3) is 17.3 Å². The molecule has 1 amide bonds. The van der Waals surface area contributed by atoms with Crippen LogP contribution in [0.5, 0.6) is 5.75 Å². The van der Waals surface area contributed by atoms with Gasteiger partial charge in [0, 0.05) is 56.4 Å². The molecule has 1 aromatic carbocycles. The van der Waals surface area contributed by atoms with Crippen molar-refractivity contribution in [2.75, 3.05) is 48.3 Å². The number of para-hydroxylation sites is 1. The van der Waals surface area contributed by atoms with Crippen molar-refractivity contribution in [3.63, 3.8) is 0 Å². The van der Waals surface area contributed by atoms with E-state index in [1.54, 1.807) is 36.8 Å². The largest absolute Gasteiger partial charge is 0.507 e. The van der Waals surface area contributed by atoms with Gasteiger partial charge in [0.1, 0.15) is 17.3 Å². The van der Waals surface area contributed by atoms with Gasteiger partial charge in [-0.3, -0.25) is 4.79 Å². The van der Waals surface area contributed by atoms with Crippen LogP contribution in [0.1, 0.15) is 37.3 Å². The minimum absolute atomic E-state index is 0.00617. The molecule has 0 bridgehead atoms. The van der Waals surface area contributed by atoms with E-state index < -0.39 is 5.91 Å². The van der Waals surface area contributed by atoms with Gasteiger partial charge in [0.25, 0.3) is 5.91 Å². The third-order valence-electron chi connectivity index (χ3n) is 8.44. The Bertz CT molecular complexity index is 1790. The predicted octanol–water partition coefficient (Wildman–Crippen LogP) is 2.37. The number of amides is 1. The van der Waals surface area contributed by atoms with Crippen LogP contribution in [-0.2, 0) is 4.79 Å². The van der Waals surface area contributed by atoms with Crippen molar-refractivity contribution in [1.82, 2.24) is 35.5 Å². The van der Waals surface area contributed by atoms with E-state index in [1.807, 2.05) is 24.3 Å². The predicted molar refractivity (Wildman–Crippen MR) is 175 cm³/mol. The second kappa shape index (κ2) is 13.5. The number of aromatic hydroxyl groups is 1. The third-order valence-corrected chi connectivity index (χ3v) is 8.44. The van der Waals surface area contributed by atoms with Crippen LogP contribution in [0.2, 0.25) is 0 Å². The molecular weight excluding hydrogens is 582 g/mol. The molecule has 0 unspecified atom stereocenters. The SMILES string of the molecule is N/C(=C\c1ncccn1)C(=O)NCC#Cc1nccc(N2CCC3(CCCN(c4cc(-c5ccccc5O)nnc4N)C3)CC2)n1. The number of piperidine rings is 2. The number of rotatable bonds is 6. The van der Waals surface area contributed by atoms with Gasteiger partial charge < -0.3 is 31.7 Å². The molecule has 4 aromatic rings. The maximum atomic E-state index is 12.3. The van der Waals surface area contributed by atoms with Gasteiger partial charge in [0.15, 0.2) is 11.6 Å². The number of nitrogen functional groups attached to an aromatic ring is 1. The molecule has 13 nitrogen and oxygen atoms in total. The Labute approximate surface area is 266 Å². The average Bonchev–Trinajstić information content (AvgIpc) is 3.08. The van der Waals surface area contributed by atoms with Gasteiger partial charge in [-0.05, 0) is 67.4 Å². The average molecular weight is 618 g/mol. The number of anilines is 3. The smallest absolute Gasteiger partial charge is 0.268 e. The fraction of sp³-hybridized carbons (Fsp3) is 0.303.